The Morgan fingerprint density at radius 2 is 2.23 bits per heavy atom. The number of aromatic amines is 1. The number of nitrogens with zero attached hydrogens (tertiary/aromatic N) is 5. The summed E-state index contributed by atoms with van der Waals surface area (Å²) in [6, 6.07) is 6.73. The molecule has 9 nitrogen and oxygen atoms in total. The number of carbonyl (C=O) groups excluding carboxylic acids is 1. The average molecular weight is 417 g/mol. The van der Waals surface area contributed by atoms with Crippen molar-refractivity contribution in [3.05, 3.63) is 48.2 Å². The smallest absolute Gasteiger partial charge is 0.224 e. The molecule has 3 aromatic heterocycles. The van der Waals surface area contributed by atoms with Crippen molar-refractivity contribution in [2.45, 2.75) is 25.3 Å². The lowest BCUT2D eigenvalue weighted by Crippen LogP contribution is -2.49. The van der Waals surface area contributed by atoms with Crippen LogP contribution in [0.5, 0.6) is 0 Å². The van der Waals surface area contributed by atoms with E-state index >= 15 is 0 Å². The summed E-state index contributed by atoms with van der Waals surface area (Å²) in [5.41, 5.74) is 1.74. The molecule has 1 aliphatic carbocycles. The van der Waals surface area contributed by atoms with Gasteiger partial charge in [0.15, 0.2) is 0 Å². The maximum Gasteiger partial charge on any atom is 0.224 e. The number of rotatable bonds is 5. The number of hydrogen-bond acceptors (Lipinski definition) is 7. The highest BCUT2D eigenvalue weighted by molar-refractivity contribution is 5.88. The molecule has 0 bridgehead atoms. The lowest BCUT2D eigenvalue weighted by molar-refractivity contribution is -0.129. The molecule has 2 aliphatic rings. The molecule has 3 aromatic rings. The van der Waals surface area contributed by atoms with Gasteiger partial charge in [-0.1, -0.05) is 0 Å². The normalized spacial score (nSPS) is 20.4. The van der Waals surface area contributed by atoms with Crippen LogP contribution in [0, 0.1) is 22.7 Å². The van der Waals surface area contributed by atoms with E-state index in [1.165, 1.54) is 6.20 Å². The second-order valence-electron chi connectivity index (χ2n) is 8.39. The van der Waals surface area contributed by atoms with Crippen molar-refractivity contribution in [3.63, 3.8) is 0 Å². The fraction of sp³-hybridized carbons (Fsp3) is 0.409. The van der Waals surface area contributed by atoms with Gasteiger partial charge in [-0.25, -0.2) is 9.97 Å². The zero-order chi connectivity index (χ0) is 21.4. The van der Waals surface area contributed by atoms with Crippen LogP contribution in [0.25, 0.3) is 11.0 Å². The standard InChI is InChI=1S/C22H23N7O2/c23-9-14-1-2-17(25-10-14)18(11-30)28-21(31)16-4-8-29(12-22(16)5-6-22)20-15-3-7-24-19(15)26-13-27-20/h1-3,7,10,13,16,18,30H,4-6,8,11-12H2,(H,28,31)(H,24,26,27)/t16?,18-/m0/s1. The SMILES string of the molecule is N#Cc1ccc([C@H](CO)NC(=O)C2CCN(c3ncnc4[nH]ccc34)CC23CC3)nc1. The number of aliphatic hydroxyl groups excluding tert-OH is 1. The number of carbonyl (C=O) groups is 1. The Morgan fingerprint density at radius 1 is 1.35 bits per heavy atom. The minimum atomic E-state index is -0.588. The average Bonchev–Trinajstić information content (AvgIpc) is 3.38. The Labute approximate surface area is 179 Å². The van der Waals surface area contributed by atoms with Crippen LogP contribution in [0.3, 0.4) is 0 Å². The first-order chi connectivity index (χ1) is 15.1. The van der Waals surface area contributed by atoms with E-state index in [0.717, 1.165) is 49.2 Å². The summed E-state index contributed by atoms with van der Waals surface area (Å²) in [6.45, 7) is 1.26. The fourth-order valence-electron chi connectivity index (χ4n) is 4.69. The zero-order valence-electron chi connectivity index (χ0n) is 17.0. The summed E-state index contributed by atoms with van der Waals surface area (Å²) in [6.07, 6.45) is 7.62. The first kappa shape index (κ1) is 19.5. The highest BCUT2D eigenvalue weighted by atomic mass is 16.3. The van der Waals surface area contributed by atoms with Gasteiger partial charge in [0.05, 0.1) is 29.3 Å². The van der Waals surface area contributed by atoms with Gasteiger partial charge < -0.3 is 20.3 Å². The minimum Gasteiger partial charge on any atom is -0.394 e. The summed E-state index contributed by atoms with van der Waals surface area (Å²) in [5.74, 6) is 0.753. The fourth-order valence-corrected chi connectivity index (χ4v) is 4.69. The Bertz CT molecular complexity index is 1150. The summed E-state index contributed by atoms with van der Waals surface area (Å²) in [7, 11) is 0. The molecule has 1 aliphatic heterocycles. The van der Waals surface area contributed by atoms with Crippen LogP contribution in [0.1, 0.15) is 36.6 Å². The lowest BCUT2D eigenvalue weighted by Gasteiger charge is -2.39. The number of piperidine rings is 1. The van der Waals surface area contributed by atoms with Gasteiger partial charge in [0.25, 0.3) is 0 Å². The summed E-state index contributed by atoms with van der Waals surface area (Å²) in [5, 5.41) is 22.7. The molecule has 31 heavy (non-hydrogen) atoms. The Hall–Kier alpha value is -3.51. The topological polar surface area (TPSA) is 131 Å². The van der Waals surface area contributed by atoms with Crippen LogP contribution in [0.4, 0.5) is 5.82 Å². The number of fused-ring (bicyclic) bond motifs is 1. The number of anilines is 1. The number of H-pyrrole nitrogens is 1. The predicted molar refractivity (Wildman–Crippen MR) is 113 cm³/mol. The Balaban J connectivity index is 1.31. The third kappa shape index (κ3) is 3.49. The largest absolute Gasteiger partial charge is 0.394 e. The molecule has 5 rings (SSSR count). The first-order valence-corrected chi connectivity index (χ1v) is 10.4. The van der Waals surface area contributed by atoms with Gasteiger partial charge >= 0.3 is 0 Å². The van der Waals surface area contributed by atoms with Gasteiger partial charge in [-0.3, -0.25) is 9.78 Å². The first-order valence-electron chi connectivity index (χ1n) is 10.4. The second kappa shape index (κ2) is 7.63. The highest BCUT2D eigenvalue weighted by Gasteiger charge is 2.55. The summed E-state index contributed by atoms with van der Waals surface area (Å²) in [4.78, 5) is 31.6. The van der Waals surface area contributed by atoms with E-state index in [0.29, 0.717) is 11.3 Å². The molecule has 2 fully saturated rings. The Morgan fingerprint density at radius 3 is 2.94 bits per heavy atom. The highest BCUT2D eigenvalue weighted by Crippen LogP contribution is 2.56. The molecule has 0 aromatic carbocycles. The molecular formula is C22H23N7O2. The molecule has 3 N–H and O–H groups in total. The predicted octanol–water partition coefficient (Wildman–Crippen LogP) is 1.68. The molecule has 1 unspecified atom stereocenters. The van der Waals surface area contributed by atoms with Gasteiger partial charge in [-0.05, 0) is 42.9 Å². The molecule has 1 saturated heterocycles. The van der Waals surface area contributed by atoms with E-state index in [9.17, 15) is 9.90 Å². The van der Waals surface area contributed by atoms with Crippen LogP contribution in [-0.4, -0.2) is 50.6 Å². The van der Waals surface area contributed by atoms with Crippen molar-refractivity contribution in [1.29, 1.82) is 5.26 Å². The van der Waals surface area contributed by atoms with Crippen molar-refractivity contribution >= 4 is 22.8 Å². The van der Waals surface area contributed by atoms with E-state index in [1.807, 2.05) is 18.3 Å². The number of aliphatic hydroxyl groups is 1. The van der Waals surface area contributed by atoms with Crippen LogP contribution in [0.15, 0.2) is 36.9 Å². The molecule has 158 valence electrons. The van der Waals surface area contributed by atoms with Gasteiger partial charge in [-0.2, -0.15) is 5.26 Å². The van der Waals surface area contributed by atoms with E-state index in [-0.39, 0.29) is 23.8 Å². The number of amides is 1. The van der Waals surface area contributed by atoms with E-state index in [1.54, 1.807) is 18.5 Å². The van der Waals surface area contributed by atoms with E-state index in [2.05, 4.69) is 30.2 Å². The molecule has 1 saturated carbocycles. The van der Waals surface area contributed by atoms with Crippen molar-refractivity contribution < 1.29 is 9.90 Å². The van der Waals surface area contributed by atoms with Crippen molar-refractivity contribution in [2.24, 2.45) is 11.3 Å². The number of nitriles is 1. The zero-order valence-corrected chi connectivity index (χ0v) is 17.0. The van der Waals surface area contributed by atoms with Gasteiger partial charge in [0.2, 0.25) is 5.91 Å². The van der Waals surface area contributed by atoms with Crippen molar-refractivity contribution in [1.82, 2.24) is 25.3 Å². The number of hydrogen-bond donors (Lipinski definition) is 3. The summed E-state index contributed by atoms with van der Waals surface area (Å²) >= 11 is 0. The van der Waals surface area contributed by atoms with Crippen molar-refractivity contribution in [3.8, 4) is 6.07 Å². The van der Waals surface area contributed by atoms with Crippen molar-refractivity contribution in [2.75, 3.05) is 24.6 Å². The van der Waals surface area contributed by atoms with Gasteiger partial charge in [0, 0.05) is 31.4 Å². The summed E-state index contributed by atoms with van der Waals surface area (Å²) < 4.78 is 0. The maximum atomic E-state index is 13.2. The molecule has 0 radical (unpaired) electrons. The minimum absolute atomic E-state index is 0.0446. The van der Waals surface area contributed by atoms with Crippen LogP contribution in [0.2, 0.25) is 0 Å². The van der Waals surface area contributed by atoms with E-state index in [4.69, 9.17) is 5.26 Å². The van der Waals surface area contributed by atoms with Gasteiger partial charge in [0.1, 0.15) is 23.9 Å². The molecule has 9 heteroatoms. The molecule has 4 heterocycles. The molecule has 1 amide bonds. The molecule has 1 spiro atoms. The quantitative estimate of drug-likeness (QED) is 0.576. The third-order valence-corrected chi connectivity index (χ3v) is 6.55. The molecular weight excluding hydrogens is 394 g/mol. The van der Waals surface area contributed by atoms with Gasteiger partial charge in [-0.15, -0.1) is 0 Å². The van der Waals surface area contributed by atoms with Crippen LogP contribution in [-0.2, 0) is 4.79 Å². The second-order valence-corrected chi connectivity index (χ2v) is 8.39. The number of aromatic nitrogens is 4. The number of pyridine rings is 1. The van der Waals surface area contributed by atoms with Crippen LogP contribution < -0.4 is 10.2 Å². The Kier molecular flexibility index (Phi) is 4.79. The van der Waals surface area contributed by atoms with E-state index < -0.39 is 6.04 Å². The lowest BCUT2D eigenvalue weighted by atomic mass is 9.81. The monoisotopic (exact) mass is 417 g/mol. The number of nitrogens with one attached hydrogen (secondary N) is 2. The van der Waals surface area contributed by atoms with Crippen LogP contribution >= 0.6 is 0 Å². The maximum absolute atomic E-state index is 13.2. The third-order valence-electron chi connectivity index (χ3n) is 6.55. The molecule has 2 atom stereocenters.